The first kappa shape index (κ1) is 13.1. The van der Waals surface area contributed by atoms with Crippen LogP contribution in [0.15, 0.2) is 35.1 Å². The molecule has 0 aliphatic carbocycles. The number of nitrogens with one attached hydrogen (secondary N) is 2. The van der Waals surface area contributed by atoms with Crippen molar-refractivity contribution in [3.05, 3.63) is 46.5 Å². The largest absolute Gasteiger partial charge is 0.368 e. The van der Waals surface area contributed by atoms with E-state index in [0.29, 0.717) is 6.54 Å². The summed E-state index contributed by atoms with van der Waals surface area (Å²) in [5.74, 6) is 0.811. The van der Waals surface area contributed by atoms with Crippen molar-refractivity contribution in [1.29, 1.82) is 0 Å². The number of nitrogens with two attached hydrogens (primary N) is 1. The van der Waals surface area contributed by atoms with Crippen LogP contribution in [0.25, 0.3) is 5.65 Å². The Morgan fingerprint density at radius 1 is 1.35 bits per heavy atom. The zero-order valence-corrected chi connectivity index (χ0v) is 12.4. The van der Waals surface area contributed by atoms with Crippen LogP contribution in [0, 0.1) is 0 Å². The van der Waals surface area contributed by atoms with Crippen LogP contribution in [0.2, 0.25) is 0 Å². The van der Waals surface area contributed by atoms with Crippen LogP contribution in [0.1, 0.15) is 11.4 Å². The van der Waals surface area contributed by atoms with Gasteiger partial charge in [-0.25, -0.2) is 9.50 Å². The van der Waals surface area contributed by atoms with Gasteiger partial charge < -0.3 is 16.0 Å². The zero-order valence-electron chi connectivity index (χ0n) is 10.8. The van der Waals surface area contributed by atoms with Crippen molar-refractivity contribution in [2.24, 2.45) is 5.73 Å². The summed E-state index contributed by atoms with van der Waals surface area (Å²) in [5, 5.41) is 7.79. The highest BCUT2D eigenvalue weighted by molar-refractivity contribution is 9.10. The highest BCUT2D eigenvalue weighted by Crippen LogP contribution is 2.18. The first-order valence-corrected chi connectivity index (χ1v) is 7.17. The Bertz CT molecular complexity index is 703. The van der Waals surface area contributed by atoms with Gasteiger partial charge in [0.15, 0.2) is 5.65 Å². The minimum Gasteiger partial charge on any atom is -0.368 e. The number of nitrogens with zero attached hydrogens (tertiary/aromatic N) is 3. The number of anilines is 1. The van der Waals surface area contributed by atoms with Gasteiger partial charge >= 0.3 is 0 Å². The molecule has 0 fully saturated rings. The Morgan fingerprint density at radius 3 is 3.00 bits per heavy atom. The molecular formula is C13H15BrN6. The maximum atomic E-state index is 5.63. The van der Waals surface area contributed by atoms with Gasteiger partial charge in [-0.3, -0.25) is 0 Å². The van der Waals surface area contributed by atoms with E-state index in [9.17, 15) is 0 Å². The van der Waals surface area contributed by atoms with Crippen LogP contribution in [0.4, 0.5) is 5.82 Å². The van der Waals surface area contributed by atoms with Gasteiger partial charge in [-0.2, -0.15) is 0 Å². The number of rotatable bonds is 5. The first-order chi connectivity index (χ1) is 9.78. The van der Waals surface area contributed by atoms with Crippen molar-refractivity contribution in [2.75, 3.05) is 11.9 Å². The second-order valence-electron chi connectivity index (χ2n) is 4.41. The first-order valence-electron chi connectivity index (χ1n) is 6.38. The Hall–Kier alpha value is -1.86. The Labute approximate surface area is 124 Å². The number of imidazole rings is 1. The molecule has 0 bridgehead atoms. The Morgan fingerprint density at radius 2 is 2.25 bits per heavy atom. The summed E-state index contributed by atoms with van der Waals surface area (Å²) in [6.07, 6.45) is 2.85. The molecule has 3 heterocycles. The second-order valence-corrected chi connectivity index (χ2v) is 5.17. The lowest BCUT2D eigenvalue weighted by Crippen LogP contribution is -2.08. The van der Waals surface area contributed by atoms with Crippen molar-refractivity contribution in [3.8, 4) is 0 Å². The minimum absolute atomic E-state index is 0.388. The van der Waals surface area contributed by atoms with E-state index in [1.807, 2.05) is 24.4 Å². The lowest BCUT2D eigenvalue weighted by atomic mass is 10.3. The summed E-state index contributed by atoms with van der Waals surface area (Å²) in [5.41, 5.74) is 8.43. The summed E-state index contributed by atoms with van der Waals surface area (Å²) in [6.45, 7) is 1.20. The maximum Gasteiger partial charge on any atom is 0.155 e. The average molecular weight is 335 g/mol. The average Bonchev–Trinajstić information content (AvgIpc) is 3.08. The molecule has 4 N–H and O–H groups in total. The monoisotopic (exact) mass is 334 g/mol. The van der Waals surface area contributed by atoms with Crippen LogP contribution < -0.4 is 11.1 Å². The van der Waals surface area contributed by atoms with E-state index in [-0.39, 0.29) is 0 Å². The van der Waals surface area contributed by atoms with Gasteiger partial charge in [0.1, 0.15) is 10.4 Å². The fourth-order valence-electron chi connectivity index (χ4n) is 2.02. The number of halogens is 1. The summed E-state index contributed by atoms with van der Waals surface area (Å²) in [6, 6.07) is 7.91. The molecule has 3 aromatic rings. The number of hydrogen-bond acceptors (Lipinski definition) is 4. The van der Waals surface area contributed by atoms with Gasteiger partial charge in [0.2, 0.25) is 0 Å². The van der Waals surface area contributed by atoms with Crippen LogP contribution in [0.3, 0.4) is 0 Å². The normalized spacial score (nSPS) is 11.1. The van der Waals surface area contributed by atoms with Crippen LogP contribution in [0.5, 0.6) is 0 Å². The van der Waals surface area contributed by atoms with Crippen LogP contribution in [-0.4, -0.2) is 26.1 Å². The van der Waals surface area contributed by atoms with Gasteiger partial charge in [0.05, 0.1) is 5.69 Å². The summed E-state index contributed by atoms with van der Waals surface area (Å²) in [7, 11) is 0. The highest BCUT2D eigenvalue weighted by Gasteiger charge is 2.09. The third-order valence-electron chi connectivity index (χ3n) is 3.04. The van der Waals surface area contributed by atoms with Crippen molar-refractivity contribution in [3.63, 3.8) is 0 Å². The quantitative estimate of drug-likeness (QED) is 0.665. The fraction of sp³-hybridized carbons (Fsp3) is 0.231. The molecule has 0 unspecified atom stereocenters. The molecule has 0 saturated heterocycles. The van der Waals surface area contributed by atoms with E-state index in [1.54, 1.807) is 4.52 Å². The van der Waals surface area contributed by atoms with Crippen molar-refractivity contribution >= 4 is 27.4 Å². The van der Waals surface area contributed by atoms with Crippen molar-refractivity contribution < 1.29 is 0 Å². The zero-order chi connectivity index (χ0) is 13.9. The van der Waals surface area contributed by atoms with Gasteiger partial charge in [0, 0.05) is 31.4 Å². The lowest BCUT2D eigenvalue weighted by molar-refractivity contribution is 0.887. The van der Waals surface area contributed by atoms with Crippen LogP contribution >= 0.6 is 15.9 Å². The molecule has 0 atom stereocenters. The van der Waals surface area contributed by atoms with Gasteiger partial charge in [0.25, 0.3) is 0 Å². The Kier molecular flexibility index (Phi) is 3.70. The maximum absolute atomic E-state index is 5.63. The molecule has 6 nitrogen and oxygen atoms in total. The molecule has 20 heavy (non-hydrogen) atoms. The fourth-order valence-corrected chi connectivity index (χ4v) is 2.54. The summed E-state index contributed by atoms with van der Waals surface area (Å²) >= 11 is 3.47. The molecule has 7 heteroatoms. The lowest BCUT2D eigenvalue weighted by Gasteiger charge is -2.05. The smallest absolute Gasteiger partial charge is 0.155 e. The number of fused-ring (bicyclic) bond motifs is 1. The summed E-state index contributed by atoms with van der Waals surface area (Å²) < 4.78 is 2.56. The highest BCUT2D eigenvalue weighted by atomic mass is 79.9. The predicted octanol–water partition coefficient (Wildman–Crippen LogP) is 1.93. The second kappa shape index (κ2) is 5.64. The molecule has 0 radical (unpaired) electrons. The molecule has 0 aliphatic heterocycles. The van der Waals surface area contributed by atoms with Crippen LogP contribution in [-0.2, 0) is 13.0 Å². The molecule has 0 spiro atoms. The number of aromatic nitrogens is 4. The van der Waals surface area contributed by atoms with Crippen molar-refractivity contribution in [1.82, 2.24) is 19.6 Å². The van der Waals surface area contributed by atoms with E-state index in [1.165, 1.54) is 5.69 Å². The SMILES string of the molecule is NCc1nc2ccc(NCCc3ccc[nH]3)nn2c1Br. The molecule has 0 saturated carbocycles. The van der Waals surface area contributed by atoms with Crippen molar-refractivity contribution in [2.45, 2.75) is 13.0 Å². The number of hydrogen-bond donors (Lipinski definition) is 3. The van der Waals surface area contributed by atoms with E-state index in [0.717, 1.165) is 34.7 Å². The molecular weight excluding hydrogens is 320 g/mol. The van der Waals surface area contributed by atoms with Gasteiger partial charge in [-0.05, 0) is 40.2 Å². The summed E-state index contributed by atoms with van der Waals surface area (Å²) in [4.78, 5) is 7.56. The van der Waals surface area contributed by atoms with E-state index < -0.39 is 0 Å². The van der Waals surface area contributed by atoms with Gasteiger partial charge in [-0.15, -0.1) is 5.10 Å². The topological polar surface area (TPSA) is 84.0 Å². The molecule has 0 aliphatic rings. The standard InChI is InChI=1S/C13H15BrN6/c14-13-10(8-15)18-12-4-3-11(19-20(12)13)17-7-5-9-2-1-6-16-9/h1-4,6,16H,5,7-8,15H2,(H,17,19). The van der Waals surface area contributed by atoms with E-state index >= 15 is 0 Å². The third kappa shape index (κ3) is 2.54. The van der Waals surface area contributed by atoms with Gasteiger partial charge in [-0.1, -0.05) is 0 Å². The number of H-pyrrole nitrogens is 1. The van der Waals surface area contributed by atoms with E-state index in [4.69, 9.17) is 5.73 Å². The predicted molar refractivity (Wildman–Crippen MR) is 81.6 cm³/mol. The molecule has 3 rings (SSSR count). The molecule has 3 aromatic heterocycles. The number of aromatic amines is 1. The Balaban J connectivity index is 1.73. The minimum atomic E-state index is 0.388. The molecule has 104 valence electrons. The molecule has 0 aromatic carbocycles. The molecule has 0 amide bonds. The van der Waals surface area contributed by atoms with E-state index in [2.05, 4.69) is 42.4 Å². The third-order valence-corrected chi connectivity index (χ3v) is 3.84.